The molecule has 1 aliphatic rings. The summed E-state index contributed by atoms with van der Waals surface area (Å²) >= 11 is 0. The topological polar surface area (TPSA) is 118 Å². The molecule has 3 N–H and O–H groups in total. The van der Waals surface area contributed by atoms with Crippen molar-refractivity contribution in [1.29, 1.82) is 0 Å². The van der Waals surface area contributed by atoms with E-state index in [1.54, 1.807) is 24.3 Å². The number of carboxylic acids is 1. The van der Waals surface area contributed by atoms with E-state index < -0.39 is 11.9 Å². The van der Waals surface area contributed by atoms with E-state index >= 15 is 0 Å². The van der Waals surface area contributed by atoms with Crippen molar-refractivity contribution in [3.05, 3.63) is 59.0 Å². The number of rotatable bonds is 7. The van der Waals surface area contributed by atoms with E-state index in [-0.39, 0.29) is 30.1 Å². The van der Waals surface area contributed by atoms with Crippen LogP contribution in [0.2, 0.25) is 0 Å². The zero-order chi connectivity index (χ0) is 19.2. The molecule has 8 nitrogen and oxygen atoms in total. The fourth-order valence-electron chi connectivity index (χ4n) is 2.78. The average molecular weight is 372 g/mol. The normalized spacial score (nSPS) is 16.1. The van der Waals surface area contributed by atoms with Gasteiger partial charge in [0.1, 0.15) is 0 Å². The first-order chi connectivity index (χ1) is 13.0. The molecule has 142 valence electrons. The molecule has 2 aromatic rings. The van der Waals surface area contributed by atoms with Gasteiger partial charge in [0.05, 0.1) is 6.10 Å². The smallest absolute Gasteiger partial charge is 0.371 e. The largest absolute Gasteiger partial charge is 0.475 e. The maximum atomic E-state index is 12.3. The molecule has 3 rings (SSSR count). The number of amides is 2. The molecular formula is C19H20N2O6. The summed E-state index contributed by atoms with van der Waals surface area (Å²) in [6, 6.07) is 9.42. The highest BCUT2D eigenvalue weighted by atomic mass is 16.5. The summed E-state index contributed by atoms with van der Waals surface area (Å²) in [7, 11) is 0. The first-order valence-corrected chi connectivity index (χ1v) is 8.63. The SMILES string of the molecule is O=C(NCC1CCCO1)c1cccc(CNC(=O)c2ccc(C(=O)O)o2)c1. The number of carbonyl (C=O) groups excluding carboxylic acids is 2. The maximum Gasteiger partial charge on any atom is 0.371 e. The number of benzene rings is 1. The molecule has 0 bridgehead atoms. The lowest BCUT2D eigenvalue weighted by Crippen LogP contribution is -2.31. The van der Waals surface area contributed by atoms with Gasteiger partial charge in [-0.25, -0.2) is 4.79 Å². The van der Waals surface area contributed by atoms with Gasteiger partial charge in [-0.3, -0.25) is 9.59 Å². The minimum absolute atomic E-state index is 0.0698. The Bertz CT molecular complexity index is 838. The van der Waals surface area contributed by atoms with Gasteiger partial charge in [-0.1, -0.05) is 12.1 Å². The van der Waals surface area contributed by atoms with Crippen molar-refractivity contribution in [3.63, 3.8) is 0 Å². The fraction of sp³-hybridized carbons (Fsp3) is 0.316. The molecule has 0 spiro atoms. The summed E-state index contributed by atoms with van der Waals surface area (Å²) in [6.45, 7) is 1.39. The number of hydrogen-bond acceptors (Lipinski definition) is 5. The second-order valence-corrected chi connectivity index (χ2v) is 6.20. The number of ether oxygens (including phenoxy) is 1. The van der Waals surface area contributed by atoms with E-state index in [1.165, 1.54) is 12.1 Å². The Kier molecular flexibility index (Phi) is 5.87. The monoisotopic (exact) mass is 372 g/mol. The Hall–Kier alpha value is -3.13. The third-order valence-corrected chi connectivity index (χ3v) is 4.20. The van der Waals surface area contributed by atoms with Crippen LogP contribution in [0.3, 0.4) is 0 Å². The standard InChI is InChI=1S/C19H20N2O6/c22-17(21-11-14-5-2-8-26-14)13-4-1-3-12(9-13)10-20-18(23)15-6-7-16(27-15)19(24)25/h1,3-4,6-7,9,14H,2,5,8,10-11H2,(H,20,23)(H,21,22)(H,24,25). The van der Waals surface area contributed by atoms with Crippen LogP contribution in [0.15, 0.2) is 40.8 Å². The summed E-state index contributed by atoms with van der Waals surface area (Å²) < 4.78 is 10.4. The molecule has 0 saturated carbocycles. The van der Waals surface area contributed by atoms with Crippen molar-refractivity contribution in [1.82, 2.24) is 10.6 Å². The molecule has 8 heteroatoms. The van der Waals surface area contributed by atoms with E-state index in [0.29, 0.717) is 12.1 Å². The Balaban J connectivity index is 1.54. The molecule has 27 heavy (non-hydrogen) atoms. The molecule has 1 aromatic carbocycles. The molecule has 1 atom stereocenters. The molecule has 1 aliphatic heterocycles. The average Bonchev–Trinajstić information content (AvgIpc) is 3.36. The number of aromatic carboxylic acids is 1. The third kappa shape index (κ3) is 4.95. The second kappa shape index (κ2) is 8.50. The number of hydrogen-bond donors (Lipinski definition) is 3. The molecule has 2 heterocycles. The first-order valence-electron chi connectivity index (χ1n) is 8.63. The van der Waals surface area contributed by atoms with Gasteiger partial charge < -0.3 is 24.9 Å². The van der Waals surface area contributed by atoms with E-state index in [0.717, 1.165) is 25.0 Å². The molecule has 0 radical (unpaired) electrons. The Morgan fingerprint density at radius 2 is 1.89 bits per heavy atom. The van der Waals surface area contributed by atoms with Crippen LogP contribution in [0.25, 0.3) is 0 Å². The quantitative estimate of drug-likeness (QED) is 0.682. The third-order valence-electron chi connectivity index (χ3n) is 4.20. The molecule has 1 saturated heterocycles. The zero-order valence-corrected chi connectivity index (χ0v) is 14.6. The zero-order valence-electron chi connectivity index (χ0n) is 14.6. The van der Waals surface area contributed by atoms with Crippen LogP contribution in [-0.2, 0) is 11.3 Å². The first kappa shape index (κ1) is 18.7. The highest BCUT2D eigenvalue weighted by Gasteiger charge is 2.17. The van der Waals surface area contributed by atoms with Gasteiger partial charge in [0.25, 0.3) is 11.8 Å². The van der Waals surface area contributed by atoms with Gasteiger partial charge in [0.15, 0.2) is 5.76 Å². The molecule has 1 aromatic heterocycles. The number of furan rings is 1. The second-order valence-electron chi connectivity index (χ2n) is 6.20. The predicted molar refractivity (Wildman–Crippen MR) is 94.6 cm³/mol. The Morgan fingerprint density at radius 1 is 1.07 bits per heavy atom. The Morgan fingerprint density at radius 3 is 2.59 bits per heavy atom. The van der Waals surface area contributed by atoms with Crippen LogP contribution in [0.1, 0.15) is 49.9 Å². The summed E-state index contributed by atoms with van der Waals surface area (Å²) in [5.41, 5.74) is 1.23. The Labute approximate surface area is 155 Å². The summed E-state index contributed by atoms with van der Waals surface area (Å²) in [6.07, 6.45) is 2.03. The highest BCUT2D eigenvalue weighted by Crippen LogP contribution is 2.12. The molecule has 0 aliphatic carbocycles. The van der Waals surface area contributed by atoms with E-state index in [2.05, 4.69) is 10.6 Å². The maximum absolute atomic E-state index is 12.3. The summed E-state index contributed by atoms with van der Waals surface area (Å²) in [5.74, 6) is -2.36. The van der Waals surface area contributed by atoms with Gasteiger partial charge in [-0.05, 0) is 42.7 Å². The van der Waals surface area contributed by atoms with Crippen molar-refractivity contribution < 1.29 is 28.6 Å². The van der Waals surface area contributed by atoms with Gasteiger partial charge in [-0.15, -0.1) is 0 Å². The summed E-state index contributed by atoms with van der Waals surface area (Å²) in [5, 5.41) is 14.3. The van der Waals surface area contributed by atoms with Gasteiger partial charge >= 0.3 is 5.97 Å². The van der Waals surface area contributed by atoms with Crippen LogP contribution in [-0.4, -0.2) is 42.1 Å². The van der Waals surface area contributed by atoms with Gasteiger partial charge in [0.2, 0.25) is 5.76 Å². The molecule has 2 amide bonds. The van der Waals surface area contributed by atoms with Crippen molar-refractivity contribution in [3.8, 4) is 0 Å². The van der Waals surface area contributed by atoms with Crippen LogP contribution >= 0.6 is 0 Å². The van der Waals surface area contributed by atoms with E-state index in [1.807, 2.05) is 0 Å². The van der Waals surface area contributed by atoms with Crippen LogP contribution in [0.4, 0.5) is 0 Å². The van der Waals surface area contributed by atoms with Crippen molar-refractivity contribution in [2.75, 3.05) is 13.2 Å². The molecular weight excluding hydrogens is 352 g/mol. The van der Waals surface area contributed by atoms with Crippen molar-refractivity contribution in [2.24, 2.45) is 0 Å². The van der Waals surface area contributed by atoms with E-state index in [4.69, 9.17) is 14.3 Å². The number of carboxylic acid groups (broad SMARTS) is 1. The lowest BCUT2D eigenvalue weighted by molar-refractivity contribution is 0.0659. The van der Waals surface area contributed by atoms with Crippen LogP contribution in [0, 0.1) is 0 Å². The molecule has 1 fully saturated rings. The molecule has 1 unspecified atom stereocenters. The minimum atomic E-state index is -1.24. The summed E-state index contributed by atoms with van der Waals surface area (Å²) in [4.78, 5) is 35.1. The number of carbonyl (C=O) groups is 3. The van der Waals surface area contributed by atoms with Gasteiger partial charge in [-0.2, -0.15) is 0 Å². The predicted octanol–water partition coefficient (Wildman–Crippen LogP) is 1.82. The van der Waals surface area contributed by atoms with Crippen molar-refractivity contribution in [2.45, 2.75) is 25.5 Å². The van der Waals surface area contributed by atoms with E-state index in [9.17, 15) is 14.4 Å². The lowest BCUT2D eigenvalue weighted by Gasteiger charge is -2.11. The van der Waals surface area contributed by atoms with Crippen LogP contribution < -0.4 is 10.6 Å². The van der Waals surface area contributed by atoms with Crippen molar-refractivity contribution >= 4 is 17.8 Å². The minimum Gasteiger partial charge on any atom is -0.475 e. The highest BCUT2D eigenvalue weighted by molar-refractivity contribution is 5.95. The van der Waals surface area contributed by atoms with Crippen LogP contribution in [0.5, 0.6) is 0 Å². The number of nitrogens with one attached hydrogen (secondary N) is 2. The fourth-order valence-corrected chi connectivity index (χ4v) is 2.78. The van der Waals surface area contributed by atoms with Gasteiger partial charge in [0, 0.05) is 25.3 Å². The lowest BCUT2D eigenvalue weighted by atomic mass is 10.1.